The predicted octanol–water partition coefficient (Wildman–Crippen LogP) is 3.26. The van der Waals surface area contributed by atoms with Gasteiger partial charge in [-0.05, 0) is 30.3 Å². The van der Waals surface area contributed by atoms with Crippen molar-refractivity contribution in [2.45, 2.75) is 0 Å². The maximum atomic E-state index is 6.08. The van der Waals surface area contributed by atoms with Crippen molar-refractivity contribution in [1.29, 1.82) is 0 Å². The number of halogens is 1. The minimum atomic E-state index is 0.605. The average Bonchev–Trinajstić information content (AvgIpc) is 2.68. The highest BCUT2D eigenvalue weighted by atomic mass is 35.5. The maximum Gasteiger partial charge on any atom is 0.135 e. The highest BCUT2D eigenvalue weighted by Gasteiger charge is 2.09. The van der Waals surface area contributed by atoms with Crippen LogP contribution in [0.4, 0.5) is 5.82 Å². The zero-order valence-corrected chi connectivity index (χ0v) is 9.72. The summed E-state index contributed by atoms with van der Waals surface area (Å²) in [6.07, 6.45) is 0. The van der Waals surface area contributed by atoms with Crippen molar-refractivity contribution in [2.75, 3.05) is 5.73 Å². The van der Waals surface area contributed by atoms with Crippen LogP contribution in [0.3, 0.4) is 0 Å². The third-order valence-corrected chi connectivity index (χ3v) is 2.91. The number of hydrogen-bond donors (Lipinski definition) is 1. The first-order valence-electron chi connectivity index (χ1n) is 5.25. The average molecular weight is 244 g/mol. The number of benzene rings is 2. The van der Waals surface area contributed by atoms with Gasteiger partial charge in [0.05, 0.1) is 11.2 Å². The second-order valence-corrected chi connectivity index (χ2v) is 4.23. The molecule has 0 aliphatic carbocycles. The molecule has 0 saturated carbocycles. The van der Waals surface area contributed by atoms with Crippen LogP contribution in [0.15, 0.2) is 48.5 Å². The molecule has 0 spiro atoms. The molecule has 0 saturated heterocycles. The molecule has 2 aromatic carbocycles. The van der Waals surface area contributed by atoms with Gasteiger partial charge in [-0.3, -0.25) is 0 Å². The smallest absolute Gasteiger partial charge is 0.135 e. The Morgan fingerprint density at radius 1 is 1.06 bits per heavy atom. The van der Waals surface area contributed by atoms with E-state index in [1.54, 1.807) is 4.68 Å². The summed E-state index contributed by atoms with van der Waals surface area (Å²) in [4.78, 5) is 0. The van der Waals surface area contributed by atoms with E-state index in [1.165, 1.54) is 0 Å². The number of aromatic nitrogens is 2. The minimum Gasteiger partial charge on any atom is -0.383 e. The zero-order chi connectivity index (χ0) is 11.8. The van der Waals surface area contributed by atoms with Crippen molar-refractivity contribution < 1.29 is 0 Å². The lowest BCUT2D eigenvalue weighted by Crippen LogP contribution is -2.00. The molecule has 0 aliphatic rings. The number of rotatable bonds is 1. The molecule has 0 atom stereocenters. The van der Waals surface area contributed by atoms with Gasteiger partial charge in [0.2, 0.25) is 0 Å². The molecule has 0 amide bonds. The van der Waals surface area contributed by atoms with Crippen LogP contribution in [0, 0.1) is 0 Å². The SMILES string of the molecule is Nc1c2cc(Cl)ccc2nn1-c1ccccc1. The molecule has 0 bridgehead atoms. The summed E-state index contributed by atoms with van der Waals surface area (Å²) < 4.78 is 1.72. The van der Waals surface area contributed by atoms with Crippen LogP contribution in [0.5, 0.6) is 0 Å². The molecule has 1 aromatic heterocycles. The summed E-state index contributed by atoms with van der Waals surface area (Å²) >= 11 is 5.95. The number of anilines is 1. The standard InChI is InChI=1S/C13H10ClN3/c14-9-6-7-12-11(8-9)13(15)17(16-12)10-4-2-1-3-5-10/h1-8H,15H2. The molecule has 0 unspecified atom stereocenters. The lowest BCUT2D eigenvalue weighted by Gasteiger charge is -2.02. The van der Waals surface area contributed by atoms with Gasteiger partial charge in [-0.1, -0.05) is 29.8 Å². The highest BCUT2D eigenvalue weighted by molar-refractivity contribution is 6.31. The van der Waals surface area contributed by atoms with Crippen LogP contribution in [-0.2, 0) is 0 Å². The Kier molecular flexibility index (Phi) is 2.27. The van der Waals surface area contributed by atoms with Crippen LogP contribution in [0.1, 0.15) is 0 Å². The summed E-state index contributed by atoms with van der Waals surface area (Å²) in [5.41, 5.74) is 7.87. The number of hydrogen-bond acceptors (Lipinski definition) is 2. The number of nitrogen functional groups attached to an aromatic ring is 1. The predicted molar refractivity (Wildman–Crippen MR) is 70.5 cm³/mol. The summed E-state index contributed by atoms with van der Waals surface area (Å²) in [6, 6.07) is 15.3. The van der Waals surface area contributed by atoms with Crippen LogP contribution >= 0.6 is 11.6 Å². The summed E-state index contributed by atoms with van der Waals surface area (Å²) in [5, 5.41) is 6.00. The van der Waals surface area contributed by atoms with Gasteiger partial charge in [0.15, 0.2) is 0 Å². The molecule has 1 heterocycles. The lowest BCUT2D eigenvalue weighted by atomic mass is 10.2. The van der Waals surface area contributed by atoms with Crippen LogP contribution < -0.4 is 5.73 Å². The molecule has 4 heteroatoms. The van der Waals surface area contributed by atoms with Crippen LogP contribution in [-0.4, -0.2) is 9.78 Å². The van der Waals surface area contributed by atoms with Gasteiger partial charge in [0.1, 0.15) is 5.82 Å². The first-order valence-corrected chi connectivity index (χ1v) is 5.63. The Morgan fingerprint density at radius 2 is 1.82 bits per heavy atom. The second kappa shape index (κ2) is 3.79. The molecule has 0 aliphatic heterocycles. The van der Waals surface area contributed by atoms with Crippen molar-refractivity contribution in [2.24, 2.45) is 0 Å². The second-order valence-electron chi connectivity index (χ2n) is 3.79. The first-order chi connectivity index (χ1) is 8.25. The summed E-state index contributed by atoms with van der Waals surface area (Å²) in [7, 11) is 0. The van der Waals surface area contributed by atoms with E-state index in [2.05, 4.69) is 5.10 Å². The molecule has 3 nitrogen and oxygen atoms in total. The Morgan fingerprint density at radius 3 is 2.59 bits per heavy atom. The lowest BCUT2D eigenvalue weighted by molar-refractivity contribution is 0.908. The van der Waals surface area contributed by atoms with E-state index in [4.69, 9.17) is 17.3 Å². The normalized spacial score (nSPS) is 10.9. The van der Waals surface area contributed by atoms with Gasteiger partial charge in [0.25, 0.3) is 0 Å². The molecule has 2 N–H and O–H groups in total. The largest absolute Gasteiger partial charge is 0.383 e. The Labute approximate surface area is 103 Å². The highest BCUT2D eigenvalue weighted by Crippen LogP contribution is 2.26. The molecule has 84 valence electrons. The molecule has 3 aromatic rings. The van der Waals surface area contributed by atoms with Crippen molar-refractivity contribution in [3.63, 3.8) is 0 Å². The topological polar surface area (TPSA) is 43.8 Å². The van der Waals surface area contributed by atoms with Crippen LogP contribution in [0.2, 0.25) is 5.02 Å². The van der Waals surface area contributed by atoms with Gasteiger partial charge in [0, 0.05) is 10.4 Å². The fraction of sp³-hybridized carbons (Fsp3) is 0. The van der Waals surface area contributed by atoms with E-state index in [0.717, 1.165) is 16.6 Å². The third kappa shape index (κ3) is 1.65. The number of nitrogens with two attached hydrogens (primary N) is 1. The molecular weight excluding hydrogens is 234 g/mol. The molecule has 0 fully saturated rings. The monoisotopic (exact) mass is 243 g/mol. The molecular formula is C13H10ClN3. The van der Waals surface area contributed by atoms with Gasteiger partial charge in [-0.2, -0.15) is 5.10 Å². The minimum absolute atomic E-state index is 0.605. The molecule has 17 heavy (non-hydrogen) atoms. The zero-order valence-electron chi connectivity index (χ0n) is 8.97. The van der Waals surface area contributed by atoms with Gasteiger partial charge < -0.3 is 5.73 Å². The van der Waals surface area contributed by atoms with E-state index < -0.39 is 0 Å². The summed E-state index contributed by atoms with van der Waals surface area (Å²) in [5.74, 6) is 0.605. The van der Waals surface area contributed by atoms with Crippen LogP contribution in [0.25, 0.3) is 16.6 Å². The van der Waals surface area contributed by atoms with Crippen molar-refractivity contribution in [3.05, 3.63) is 53.6 Å². The summed E-state index contributed by atoms with van der Waals surface area (Å²) in [6.45, 7) is 0. The van der Waals surface area contributed by atoms with E-state index in [0.29, 0.717) is 10.8 Å². The fourth-order valence-corrected chi connectivity index (χ4v) is 2.01. The fourth-order valence-electron chi connectivity index (χ4n) is 1.84. The first kappa shape index (κ1) is 10.2. The maximum absolute atomic E-state index is 6.08. The van der Waals surface area contributed by atoms with Crippen molar-refractivity contribution >= 4 is 28.3 Å². The molecule has 0 radical (unpaired) electrons. The molecule has 3 rings (SSSR count). The number of fused-ring (bicyclic) bond motifs is 1. The Bertz CT molecular complexity index is 674. The Hall–Kier alpha value is -2.00. The van der Waals surface area contributed by atoms with E-state index >= 15 is 0 Å². The van der Waals surface area contributed by atoms with Gasteiger partial charge in [-0.25, -0.2) is 4.68 Å². The van der Waals surface area contributed by atoms with E-state index in [9.17, 15) is 0 Å². The quantitative estimate of drug-likeness (QED) is 0.713. The van der Waals surface area contributed by atoms with Gasteiger partial charge >= 0.3 is 0 Å². The van der Waals surface area contributed by atoms with Gasteiger partial charge in [-0.15, -0.1) is 0 Å². The number of nitrogens with zero attached hydrogens (tertiary/aromatic N) is 2. The van der Waals surface area contributed by atoms with Crippen molar-refractivity contribution in [1.82, 2.24) is 9.78 Å². The Balaban J connectivity index is 2.28. The van der Waals surface area contributed by atoms with Crippen molar-refractivity contribution in [3.8, 4) is 5.69 Å². The third-order valence-electron chi connectivity index (χ3n) is 2.67. The van der Waals surface area contributed by atoms with E-state index in [1.807, 2.05) is 48.5 Å². The van der Waals surface area contributed by atoms with E-state index in [-0.39, 0.29) is 0 Å². The number of para-hydroxylation sites is 1.